The van der Waals surface area contributed by atoms with Gasteiger partial charge in [-0.3, -0.25) is 4.55 Å². The van der Waals surface area contributed by atoms with Gasteiger partial charge in [0.05, 0.1) is 39.6 Å². The number of hydrogen-bond acceptors (Lipinski definition) is 4. The van der Waals surface area contributed by atoms with Crippen molar-refractivity contribution >= 4 is 10.1 Å². The number of aliphatic hydroxyl groups excluding tert-OH is 1. The van der Waals surface area contributed by atoms with Crippen molar-refractivity contribution in [3.05, 3.63) is 12.2 Å². The summed E-state index contributed by atoms with van der Waals surface area (Å²) in [4.78, 5) is 0. The third-order valence-electron chi connectivity index (χ3n) is 2.63. The molecule has 1 atom stereocenters. The Labute approximate surface area is 116 Å². The van der Waals surface area contributed by atoms with E-state index in [4.69, 9.17) is 9.29 Å². The van der Waals surface area contributed by atoms with E-state index in [2.05, 4.69) is 0 Å². The maximum absolute atomic E-state index is 10.6. The molecule has 0 aliphatic rings. The Morgan fingerprint density at radius 3 is 2.53 bits per heavy atom. The highest BCUT2D eigenvalue weighted by molar-refractivity contribution is 7.85. The van der Waals surface area contributed by atoms with E-state index >= 15 is 0 Å². The van der Waals surface area contributed by atoms with Gasteiger partial charge in [0.15, 0.2) is 0 Å². The average Bonchev–Trinajstić information content (AvgIpc) is 2.21. The summed E-state index contributed by atoms with van der Waals surface area (Å²) in [6.45, 7) is 3.66. The fourth-order valence-electron chi connectivity index (χ4n) is 1.76. The lowest BCUT2D eigenvalue weighted by atomic mass is 10.3. The molecule has 0 aromatic heterocycles. The summed E-state index contributed by atoms with van der Waals surface area (Å²) in [5.41, 5.74) is 0. The van der Waals surface area contributed by atoms with Gasteiger partial charge in [0.25, 0.3) is 10.1 Å². The third-order valence-corrected chi connectivity index (χ3v) is 3.44. The minimum Gasteiger partial charge on any atom is -0.385 e. The van der Waals surface area contributed by atoms with Crippen molar-refractivity contribution < 1.29 is 27.3 Å². The Morgan fingerprint density at radius 2 is 2.00 bits per heavy atom. The molecule has 0 saturated heterocycles. The molecule has 114 valence electrons. The van der Waals surface area contributed by atoms with Crippen LogP contribution in [0.3, 0.4) is 0 Å². The van der Waals surface area contributed by atoms with E-state index in [9.17, 15) is 13.5 Å². The van der Waals surface area contributed by atoms with Crippen molar-refractivity contribution in [2.75, 3.05) is 46.2 Å². The molecule has 0 bridgehead atoms. The molecule has 0 amide bonds. The van der Waals surface area contributed by atoms with E-state index in [0.717, 1.165) is 0 Å². The maximum atomic E-state index is 10.6. The van der Waals surface area contributed by atoms with Crippen molar-refractivity contribution in [2.45, 2.75) is 19.4 Å². The van der Waals surface area contributed by atoms with Crippen LogP contribution in [0.4, 0.5) is 0 Å². The first kappa shape index (κ1) is 18.5. The van der Waals surface area contributed by atoms with Gasteiger partial charge in [-0.1, -0.05) is 12.2 Å². The van der Waals surface area contributed by atoms with Crippen LogP contribution in [-0.2, 0) is 14.9 Å². The number of allylic oxidation sites excluding steroid dienone is 1. The van der Waals surface area contributed by atoms with Crippen LogP contribution in [0, 0.1) is 0 Å². The monoisotopic (exact) mass is 296 g/mol. The highest BCUT2D eigenvalue weighted by Gasteiger charge is 2.21. The molecule has 0 rings (SSSR count). The molecule has 0 aliphatic carbocycles. The molecule has 7 heteroatoms. The summed E-state index contributed by atoms with van der Waals surface area (Å²) < 4.78 is 35.6. The molecular weight excluding hydrogens is 270 g/mol. The van der Waals surface area contributed by atoms with E-state index in [0.29, 0.717) is 30.6 Å². The number of ether oxygens (including phenoxy) is 1. The highest BCUT2D eigenvalue weighted by atomic mass is 32.2. The second-order valence-electron chi connectivity index (χ2n) is 5.24. The van der Waals surface area contributed by atoms with E-state index in [-0.39, 0.29) is 12.4 Å². The maximum Gasteiger partial charge on any atom is 0.265 e. The fraction of sp³-hybridized carbons (Fsp3) is 0.833. The molecule has 0 aliphatic heterocycles. The van der Waals surface area contributed by atoms with Crippen LogP contribution in [0.5, 0.6) is 0 Å². The molecule has 0 spiro atoms. The van der Waals surface area contributed by atoms with Crippen molar-refractivity contribution in [1.82, 2.24) is 0 Å². The molecule has 6 nitrogen and oxygen atoms in total. The van der Waals surface area contributed by atoms with Gasteiger partial charge in [0.2, 0.25) is 0 Å². The molecule has 19 heavy (non-hydrogen) atoms. The van der Waals surface area contributed by atoms with Crippen molar-refractivity contribution in [3.63, 3.8) is 0 Å². The van der Waals surface area contributed by atoms with Crippen molar-refractivity contribution in [3.8, 4) is 0 Å². The predicted octanol–water partition coefficient (Wildman–Crippen LogP) is 0.294. The molecule has 0 radical (unpaired) electrons. The van der Waals surface area contributed by atoms with Gasteiger partial charge in [0, 0.05) is 6.42 Å². The summed E-state index contributed by atoms with van der Waals surface area (Å²) in [6.07, 6.45) is 3.50. The molecule has 0 saturated carbocycles. The second-order valence-corrected chi connectivity index (χ2v) is 6.81. The number of likely N-dealkylation sites (N-methyl/N-ethyl adjacent to an activating group) is 1. The zero-order chi connectivity index (χ0) is 14.9. The Bertz CT molecular complexity index is 364. The van der Waals surface area contributed by atoms with E-state index in [1.54, 1.807) is 0 Å². The lowest BCUT2D eigenvalue weighted by molar-refractivity contribution is -0.893. The fourth-order valence-corrected chi connectivity index (χ4v) is 2.25. The van der Waals surface area contributed by atoms with Gasteiger partial charge in [-0.25, -0.2) is 0 Å². The Balaban J connectivity index is 3.93. The van der Waals surface area contributed by atoms with Crippen LogP contribution in [0.1, 0.15) is 13.3 Å². The normalized spacial score (nSPS) is 15.0. The van der Waals surface area contributed by atoms with Gasteiger partial charge in [-0.05, 0) is 6.92 Å². The summed E-state index contributed by atoms with van der Waals surface area (Å²) >= 11 is 0. The van der Waals surface area contributed by atoms with Crippen LogP contribution in [-0.4, -0.2) is 74.8 Å². The summed E-state index contributed by atoms with van der Waals surface area (Å²) in [5, 5.41) is 9.81. The standard InChI is InChI=1S/C12H25NO5S/c1-4-5-8-18-11-12(14)10-13(2,3)7-6-9-19(15,16)17/h4-5,12,14H,6-11H2,1-3H3/p+1. The lowest BCUT2D eigenvalue weighted by Gasteiger charge is -2.31. The topological polar surface area (TPSA) is 83.8 Å². The molecule has 0 aromatic rings. The second kappa shape index (κ2) is 8.65. The van der Waals surface area contributed by atoms with Gasteiger partial charge in [0.1, 0.15) is 12.6 Å². The first-order valence-electron chi connectivity index (χ1n) is 6.30. The lowest BCUT2D eigenvalue weighted by Crippen LogP contribution is -2.47. The number of rotatable bonds is 10. The highest BCUT2D eigenvalue weighted by Crippen LogP contribution is 2.04. The van der Waals surface area contributed by atoms with E-state index in [1.807, 2.05) is 33.2 Å². The SMILES string of the molecule is CC=CCOCC(O)C[N+](C)(C)CCCS(=O)(=O)O. The first-order valence-corrected chi connectivity index (χ1v) is 7.91. The Morgan fingerprint density at radius 1 is 1.37 bits per heavy atom. The molecule has 0 heterocycles. The zero-order valence-corrected chi connectivity index (χ0v) is 12.8. The van der Waals surface area contributed by atoms with Gasteiger partial charge in [-0.2, -0.15) is 8.42 Å². The van der Waals surface area contributed by atoms with Crippen molar-refractivity contribution in [1.29, 1.82) is 0 Å². The quantitative estimate of drug-likeness (QED) is 0.262. The number of aliphatic hydroxyl groups is 1. The molecule has 2 N–H and O–H groups in total. The van der Waals surface area contributed by atoms with Crippen LogP contribution in [0.2, 0.25) is 0 Å². The van der Waals surface area contributed by atoms with Crippen molar-refractivity contribution in [2.24, 2.45) is 0 Å². The minimum atomic E-state index is -3.90. The summed E-state index contributed by atoms with van der Waals surface area (Å²) in [6, 6.07) is 0. The largest absolute Gasteiger partial charge is 0.385 e. The smallest absolute Gasteiger partial charge is 0.265 e. The average molecular weight is 296 g/mol. The Hall–Kier alpha value is -0.470. The number of quaternary nitrogens is 1. The zero-order valence-electron chi connectivity index (χ0n) is 11.9. The molecule has 1 unspecified atom stereocenters. The predicted molar refractivity (Wildman–Crippen MR) is 74.5 cm³/mol. The van der Waals surface area contributed by atoms with Gasteiger partial charge >= 0.3 is 0 Å². The first-order chi connectivity index (χ1) is 8.66. The Kier molecular flexibility index (Phi) is 8.44. The van der Waals surface area contributed by atoms with E-state index < -0.39 is 16.2 Å². The van der Waals surface area contributed by atoms with E-state index in [1.165, 1.54) is 0 Å². The molecule has 0 aromatic carbocycles. The van der Waals surface area contributed by atoms with Crippen LogP contribution >= 0.6 is 0 Å². The van der Waals surface area contributed by atoms with Crippen LogP contribution in [0.25, 0.3) is 0 Å². The minimum absolute atomic E-state index is 0.247. The van der Waals surface area contributed by atoms with Gasteiger partial charge in [-0.15, -0.1) is 0 Å². The summed E-state index contributed by atoms with van der Waals surface area (Å²) in [5.74, 6) is -0.247. The van der Waals surface area contributed by atoms with Crippen LogP contribution < -0.4 is 0 Å². The number of nitrogens with zero attached hydrogens (tertiary/aromatic N) is 1. The summed E-state index contributed by atoms with van der Waals surface area (Å²) in [7, 11) is -0.0964. The molecule has 0 fully saturated rings. The molecular formula is C12H26NO5S+. The van der Waals surface area contributed by atoms with Gasteiger partial charge < -0.3 is 14.3 Å². The number of hydrogen-bond donors (Lipinski definition) is 2. The third kappa shape index (κ3) is 12.3. The van der Waals surface area contributed by atoms with Crippen LogP contribution in [0.15, 0.2) is 12.2 Å².